The third kappa shape index (κ3) is 3.57. The predicted octanol–water partition coefficient (Wildman–Crippen LogP) is 3.56. The van der Waals surface area contributed by atoms with Crippen LogP contribution in [0.4, 0.5) is 13.2 Å². The van der Waals surface area contributed by atoms with Crippen LogP contribution in [0.3, 0.4) is 0 Å². The molecule has 0 spiro atoms. The van der Waals surface area contributed by atoms with Crippen LogP contribution in [0.2, 0.25) is 0 Å². The summed E-state index contributed by atoms with van der Waals surface area (Å²) < 4.78 is 67.2. The summed E-state index contributed by atoms with van der Waals surface area (Å²) in [6.07, 6.45) is -1.14. The predicted molar refractivity (Wildman–Crippen MR) is 105 cm³/mol. The first-order valence-corrected chi connectivity index (χ1v) is 10.2. The Hall–Kier alpha value is -3.18. The monoisotopic (exact) mass is 435 g/mol. The van der Waals surface area contributed by atoms with E-state index in [4.69, 9.17) is 0 Å². The largest absolute Gasteiger partial charge is 0.416 e. The SMILES string of the molecule is CNS(=O)(=O)c1cc(-c2cn(C)cn2)c2nc(-c3ccc(C(F)(F)F)cc3)[nH]c2c1. The van der Waals surface area contributed by atoms with E-state index in [1.54, 1.807) is 24.1 Å². The van der Waals surface area contributed by atoms with Crippen molar-refractivity contribution in [1.29, 1.82) is 0 Å². The van der Waals surface area contributed by atoms with Gasteiger partial charge >= 0.3 is 6.18 Å². The lowest BCUT2D eigenvalue weighted by Gasteiger charge is -2.06. The lowest BCUT2D eigenvalue weighted by Crippen LogP contribution is -2.18. The second kappa shape index (κ2) is 6.96. The summed E-state index contributed by atoms with van der Waals surface area (Å²) in [5.74, 6) is 0.315. The number of halogens is 3. The molecule has 0 bridgehead atoms. The molecule has 0 aliphatic rings. The smallest absolute Gasteiger partial charge is 0.340 e. The van der Waals surface area contributed by atoms with Gasteiger partial charge in [-0.15, -0.1) is 0 Å². The van der Waals surface area contributed by atoms with E-state index in [0.29, 0.717) is 33.7 Å². The number of H-pyrrole nitrogens is 1. The number of imidazole rings is 2. The second-order valence-corrected chi connectivity index (χ2v) is 8.55. The number of aromatic amines is 1. The Morgan fingerprint density at radius 3 is 2.40 bits per heavy atom. The Labute approximate surface area is 169 Å². The minimum atomic E-state index is -4.44. The Morgan fingerprint density at radius 2 is 1.83 bits per heavy atom. The molecular formula is C19H16F3N5O2S. The first-order chi connectivity index (χ1) is 14.1. The van der Waals surface area contributed by atoms with Crippen LogP contribution in [-0.2, 0) is 23.2 Å². The van der Waals surface area contributed by atoms with Gasteiger partial charge in [-0.1, -0.05) is 12.1 Å². The number of sulfonamides is 1. The number of rotatable bonds is 4. The van der Waals surface area contributed by atoms with Crippen molar-refractivity contribution in [2.75, 3.05) is 7.05 Å². The first-order valence-electron chi connectivity index (χ1n) is 8.72. The van der Waals surface area contributed by atoms with Crippen molar-refractivity contribution in [2.24, 2.45) is 7.05 Å². The van der Waals surface area contributed by atoms with Gasteiger partial charge in [0.05, 0.1) is 33.5 Å². The van der Waals surface area contributed by atoms with Crippen LogP contribution in [0.5, 0.6) is 0 Å². The van der Waals surface area contributed by atoms with Gasteiger partial charge in [0, 0.05) is 24.4 Å². The average Bonchev–Trinajstić information content (AvgIpc) is 3.32. The van der Waals surface area contributed by atoms with Crippen molar-refractivity contribution >= 4 is 21.1 Å². The zero-order chi connectivity index (χ0) is 21.7. The van der Waals surface area contributed by atoms with Crippen LogP contribution in [0.15, 0.2) is 53.8 Å². The molecule has 30 heavy (non-hydrogen) atoms. The van der Waals surface area contributed by atoms with Crippen LogP contribution in [0.25, 0.3) is 33.7 Å². The van der Waals surface area contributed by atoms with Crippen molar-refractivity contribution in [1.82, 2.24) is 24.2 Å². The molecule has 0 aliphatic carbocycles. The summed E-state index contributed by atoms with van der Waals surface area (Å²) in [6.45, 7) is 0. The standard InChI is InChI=1S/C19H16F3N5O2S/c1-23-30(28,29)13-7-14(16-9-27(2)10-24-16)17-15(8-13)25-18(26-17)11-3-5-12(6-4-11)19(20,21)22/h3-10,23H,1-2H3,(H,25,26). The third-order valence-electron chi connectivity index (χ3n) is 4.61. The highest BCUT2D eigenvalue weighted by atomic mass is 32.2. The van der Waals surface area contributed by atoms with Gasteiger partial charge in [-0.2, -0.15) is 13.2 Å². The van der Waals surface area contributed by atoms with Crippen molar-refractivity contribution in [2.45, 2.75) is 11.1 Å². The molecule has 2 aromatic carbocycles. The summed E-state index contributed by atoms with van der Waals surface area (Å²) >= 11 is 0. The Kier molecular flexibility index (Phi) is 4.66. The van der Waals surface area contributed by atoms with Gasteiger partial charge in [0.1, 0.15) is 5.82 Å². The molecule has 0 fully saturated rings. The Morgan fingerprint density at radius 1 is 1.13 bits per heavy atom. The van der Waals surface area contributed by atoms with Crippen molar-refractivity contribution in [3.8, 4) is 22.6 Å². The molecule has 4 aromatic rings. The number of hydrogen-bond acceptors (Lipinski definition) is 4. The lowest BCUT2D eigenvalue weighted by molar-refractivity contribution is -0.137. The van der Waals surface area contributed by atoms with Gasteiger partial charge in [0.2, 0.25) is 10.0 Å². The number of aryl methyl sites for hydroxylation is 1. The number of nitrogens with zero attached hydrogens (tertiary/aromatic N) is 3. The highest BCUT2D eigenvalue weighted by Gasteiger charge is 2.30. The van der Waals surface area contributed by atoms with Crippen LogP contribution in [0, 0.1) is 0 Å². The summed E-state index contributed by atoms with van der Waals surface area (Å²) in [7, 11) is -0.664. The molecule has 2 aromatic heterocycles. The zero-order valence-electron chi connectivity index (χ0n) is 15.8. The number of aromatic nitrogens is 4. The highest BCUT2D eigenvalue weighted by molar-refractivity contribution is 7.89. The highest BCUT2D eigenvalue weighted by Crippen LogP contribution is 2.33. The second-order valence-electron chi connectivity index (χ2n) is 6.66. The maximum atomic E-state index is 12.8. The minimum absolute atomic E-state index is 0.0146. The number of fused-ring (bicyclic) bond motifs is 1. The fourth-order valence-corrected chi connectivity index (χ4v) is 3.85. The van der Waals surface area contributed by atoms with Gasteiger partial charge in [0.25, 0.3) is 0 Å². The van der Waals surface area contributed by atoms with E-state index in [0.717, 1.165) is 12.1 Å². The average molecular weight is 435 g/mol. The van der Waals surface area contributed by atoms with Gasteiger partial charge in [-0.25, -0.2) is 23.1 Å². The molecule has 11 heteroatoms. The zero-order valence-corrected chi connectivity index (χ0v) is 16.6. The summed E-state index contributed by atoms with van der Waals surface area (Å²) in [5.41, 5.74) is 1.54. The molecule has 0 radical (unpaired) electrons. The maximum Gasteiger partial charge on any atom is 0.416 e. The number of hydrogen-bond donors (Lipinski definition) is 2. The lowest BCUT2D eigenvalue weighted by atomic mass is 10.1. The van der Waals surface area contributed by atoms with Crippen molar-refractivity contribution in [3.63, 3.8) is 0 Å². The summed E-state index contributed by atoms with van der Waals surface area (Å²) in [6, 6.07) is 7.46. The summed E-state index contributed by atoms with van der Waals surface area (Å²) in [4.78, 5) is 11.8. The van der Waals surface area contributed by atoms with Gasteiger partial charge in [0.15, 0.2) is 0 Å². The molecule has 2 heterocycles. The number of nitrogens with one attached hydrogen (secondary N) is 2. The number of alkyl halides is 3. The van der Waals surface area contributed by atoms with Gasteiger partial charge < -0.3 is 9.55 Å². The van der Waals surface area contributed by atoms with E-state index in [-0.39, 0.29) is 4.90 Å². The molecule has 0 saturated carbocycles. The molecule has 0 amide bonds. The molecule has 156 valence electrons. The Bertz CT molecular complexity index is 1340. The van der Waals surface area contributed by atoms with Crippen LogP contribution in [0.1, 0.15) is 5.56 Å². The molecular weight excluding hydrogens is 419 g/mol. The molecule has 2 N–H and O–H groups in total. The number of benzene rings is 2. The molecule has 0 unspecified atom stereocenters. The Balaban J connectivity index is 1.91. The molecule has 0 atom stereocenters. The van der Waals surface area contributed by atoms with E-state index in [9.17, 15) is 21.6 Å². The summed E-state index contributed by atoms with van der Waals surface area (Å²) in [5, 5.41) is 0. The fourth-order valence-electron chi connectivity index (χ4n) is 3.06. The van der Waals surface area contributed by atoms with Crippen LogP contribution in [-0.4, -0.2) is 35.0 Å². The van der Waals surface area contributed by atoms with Gasteiger partial charge in [-0.3, -0.25) is 0 Å². The molecule has 0 aliphatic heterocycles. The van der Waals surface area contributed by atoms with E-state index in [1.165, 1.54) is 31.3 Å². The molecule has 4 rings (SSSR count). The van der Waals surface area contributed by atoms with E-state index in [1.807, 2.05) is 0 Å². The van der Waals surface area contributed by atoms with Crippen molar-refractivity contribution in [3.05, 3.63) is 54.5 Å². The minimum Gasteiger partial charge on any atom is -0.340 e. The molecule has 0 saturated heterocycles. The van der Waals surface area contributed by atoms with E-state index in [2.05, 4.69) is 19.7 Å². The van der Waals surface area contributed by atoms with Crippen LogP contribution < -0.4 is 4.72 Å². The first kappa shape index (κ1) is 20.1. The maximum absolute atomic E-state index is 12.8. The van der Waals surface area contributed by atoms with E-state index < -0.39 is 21.8 Å². The molecule has 7 nitrogen and oxygen atoms in total. The van der Waals surface area contributed by atoms with E-state index >= 15 is 0 Å². The quantitative estimate of drug-likeness (QED) is 0.513. The normalized spacial score (nSPS) is 12.6. The van der Waals surface area contributed by atoms with Crippen molar-refractivity contribution < 1.29 is 21.6 Å². The fraction of sp³-hybridized carbons (Fsp3) is 0.158. The van der Waals surface area contributed by atoms with Crippen LogP contribution >= 0.6 is 0 Å². The topological polar surface area (TPSA) is 92.7 Å². The van der Waals surface area contributed by atoms with Gasteiger partial charge in [-0.05, 0) is 31.3 Å². The third-order valence-corrected chi connectivity index (χ3v) is 6.00.